The third-order valence-corrected chi connectivity index (χ3v) is 3.53. The zero-order valence-corrected chi connectivity index (χ0v) is 11.3. The molecule has 0 aliphatic rings. The number of hydrogen-bond donors (Lipinski definition) is 1. The Balaban J connectivity index is 1.84. The van der Waals surface area contributed by atoms with Crippen molar-refractivity contribution in [2.45, 2.75) is 26.8 Å². The van der Waals surface area contributed by atoms with Crippen molar-refractivity contribution in [1.82, 2.24) is 19.9 Å². The Labute approximate surface area is 110 Å². The Hall–Kier alpha value is -1.69. The van der Waals surface area contributed by atoms with E-state index in [0.717, 1.165) is 24.5 Å². The predicted molar refractivity (Wildman–Crippen MR) is 70.8 cm³/mol. The Morgan fingerprint density at radius 1 is 1.56 bits per heavy atom. The number of thiazole rings is 1. The van der Waals surface area contributed by atoms with E-state index >= 15 is 0 Å². The summed E-state index contributed by atoms with van der Waals surface area (Å²) in [7, 11) is 0. The van der Waals surface area contributed by atoms with Gasteiger partial charge in [0.1, 0.15) is 5.82 Å². The summed E-state index contributed by atoms with van der Waals surface area (Å²) in [6.07, 6.45) is 4.61. The van der Waals surface area contributed by atoms with Gasteiger partial charge in [0.2, 0.25) is 0 Å². The molecule has 2 aromatic rings. The number of imidazole rings is 1. The molecule has 1 amide bonds. The van der Waals surface area contributed by atoms with E-state index in [2.05, 4.69) is 22.2 Å². The molecule has 0 saturated carbocycles. The highest BCUT2D eigenvalue weighted by Gasteiger charge is 2.09. The fourth-order valence-corrected chi connectivity index (χ4v) is 2.39. The largest absolute Gasteiger partial charge is 0.348 e. The van der Waals surface area contributed by atoms with Crippen LogP contribution >= 0.6 is 11.3 Å². The number of amides is 1. The summed E-state index contributed by atoms with van der Waals surface area (Å²) in [6.45, 7) is 5.27. The smallest absolute Gasteiger partial charge is 0.280 e. The molecule has 0 unspecified atom stereocenters. The molecule has 18 heavy (non-hydrogen) atoms. The summed E-state index contributed by atoms with van der Waals surface area (Å²) in [6, 6.07) is 0. The van der Waals surface area contributed by atoms with Crippen molar-refractivity contribution >= 4 is 17.2 Å². The summed E-state index contributed by atoms with van der Waals surface area (Å²) in [4.78, 5) is 20.1. The molecule has 0 aliphatic heterocycles. The molecule has 0 saturated heterocycles. The first kappa shape index (κ1) is 12.8. The van der Waals surface area contributed by atoms with Gasteiger partial charge in [-0.3, -0.25) is 4.79 Å². The Kier molecular flexibility index (Phi) is 4.09. The minimum atomic E-state index is -0.105. The van der Waals surface area contributed by atoms with Crippen LogP contribution in [0, 0.1) is 6.92 Å². The number of aromatic nitrogens is 3. The highest BCUT2D eigenvalue weighted by Crippen LogP contribution is 2.07. The average molecular weight is 264 g/mol. The quantitative estimate of drug-likeness (QED) is 0.893. The molecular formula is C12H16N4OS. The van der Waals surface area contributed by atoms with Crippen molar-refractivity contribution in [2.24, 2.45) is 0 Å². The second-order valence-electron chi connectivity index (χ2n) is 3.94. The van der Waals surface area contributed by atoms with Crippen molar-refractivity contribution in [2.75, 3.05) is 6.54 Å². The Bertz CT molecular complexity index is 532. The van der Waals surface area contributed by atoms with Gasteiger partial charge in [0, 0.05) is 43.0 Å². The van der Waals surface area contributed by atoms with Crippen LogP contribution in [0.15, 0.2) is 17.8 Å². The van der Waals surface area contributed by atoms with E-state index in [0.29, 0.717) is 11.6 Å². The standard InChI is InChI=1S/C12H16N4OS/c1-3-10-13-4-6-16(10)7-5-14-11(17)12-15-9(2)8-18-12/h4,6,8H,3,5,7H2,1-2H3,(H,14,17). The number of carbonyl (C=O) groups is 1. The lowest BCUT2D eigenvalue weighted by atomic mass is 10.4. The number of rotatable bonds is 5. The highest BCUT2D eigenvalue weighted by molar-refractivity contribution is 7.11. The molecule has 0 fully saturated rings. The summed E-state index contributed by atoms with van der Waals surface area (Å²) < 4.78 is 2.05. The number of aryl methyl sites for hydroxylation is 2. The number of hydrogen-bond acceptors (Lipinski definition) is 4. The first-order valence-corrected chi connectivity index (χ1v) is 6.79. The van der Waals surface area contributed by atoms with Gasteiger partial charge in [0.15, 0.2) is 5.01 Å². The first-order valence-electron chi connectivity index (χ1n) is 5.91. The minimum Gasteiger partial charge on any atom is -0.348 e. The molecule has 0 aromatic carbocycles. The first-order chi connectivity index (χ1) is 8.70. The molecule has 0 aliphatic carbocycles. The lowest BCUT2D eigenvalue weighted by Crippen LogP contribution is -2.27. The molecular weight excluding hydrogens is 248 g/mol. The average Bonchev–Trinajstić information content (AvgIpc) is 2.97. The molecule has 5 nitrogen and oxygen atoms in total. The van der Waals surface area contributed by atoms with Gasteiger partial charge in [-0.2, -0.15) is 0 Å². The number of nitrogens with one attached hydrogen (secondary N) is 1. The monoisotopic (exact) mass is 264 g/mol. The van der Waals surface area contributed by atoms with Gasteiger partial charge in [-0.05, 0) is 6.92 Å². The lowest BCUT2D eigenvalue weighted by molar-refractivity contribution is 0.0951. The molecule has 1 N–H and O–H groups in total. The highest BCUT2D eigenvalue weighted by atomic mass is 32.1. The number of nitrogens with zero attached hydrogens (tertiary/aromatic N) is 3. The van der Waals surface area contributed by atoms with Crippen molar-refractivity contribution in [3.8, 4) is 0 Å². The van der Waals surface area contributed by atoms with Crippen LogP contribution in [0.25, 0.3) is 0 Å². The predicted octanol–water partition coefficient (Wildman–Crippen LogP) is 1.64. The van der Waals surface area contributed by atoms with Crippen LogP contribution in [-0.4, -0.2) is 27.0 Å². The third kappa shape index (κ3) is 2.95. The van der Waals surface area contributed by atoms with Crippen LogP contribution in [0.4, 0.5) is 0 Å². The van der Waals surface area contributed by atoms with E-state index in [1.54, 1.807) is 6.20 Å². The van der Waals surface area contributed by atoms with Crippen molar-refractivity contribution in [3.63, 3.8) is 0 Å². The molecule has 2 heterocycles. The summed E-state index contributed by atoms with van der Waals surface area (Å²) >= 11 is 1.37. The maximum atomic E-state index is 11.8. The van der Waals surface area contributed by atoms with E-state index in [9.17, 15) is 4.79 Å². The maximum Gasteiger partial charge on any atom is 0.280 e. The molecule has 0 spiro atoms. The molecule has 2 aromatic heterocycles. The van der Waals surface area contributed by atoms with Crippen LogP contribution in [-0.2, 0) is 13.0 Å². The second kappa shape index (κ2) is 5.77. The van der Waals surface area contributed by atoms with Gasteiger partial charge < -0.3 is 9.88 Å². The fraction of sp³-hybridized carbons (Fsp3) is 0.417. The summed E-state index contributed by atoms with van der Waals surface area (Å²) in [5, 5.41) is 5.26. The van der Waals surface area contributed by atoms with Crippen LogP contribution in [0.2, 0.25) is 0 Å². The van der Waals surface area contributed by atoms with Gasteiger partial charge >= 0.3 is 0 Å². The second-order valence-corrected chi connectivity index (χ2v) is 4.80. The van der Waals surface area contributed by atoms with Crippen LogP contribution in [0.1, 0.15) is 28.2 Å². The van der Waals surface area contributed by atoms with Gasteiger partial charge in [0.05, 0.1) is 0 Å². The van der Waals surface area contributed by atoms with Crippen molar-refractivity contribution < 1.29 is 4.79 Å². The molecule has 2 rings (SSSR count). The van der Waals surface area contributed by atoms with Gasteiger partial charge in [-0.1, -0.05) is 6.92 Å². The maximum absolute atomic E-state index is 11.8. The summed E-state index contributed by atoms with van der Waals surface area (Å²) in [5.41, 5.74) is 0.882. The zero-order valence-electron chi connectivity index (χ0n) is 10.5. The van der Waals surface area contributed by atoms with E-state index in [1.165, 1.54) is 11.3 Å². The van der Waals surface area contributed by atoms with Crippen molar-refractivity contribution in [1.29, 1.82) is 0 Å². The fourth-order valence-electron chi connectivity index (χ4n) is 1.68. The molecule has 96 valence electrons. The van der Waals surface area contributed by atoms with Crippen LogP contribution in [0.3, 0.4) is 0 Å². The van der Waals surface area contributed by atoms with Crippen LogP contribution in [0.5, 0.6) is 0 Å². The minimum absolute atomic E-state index is 0.105. The third-order valence-electron chi connectivity index (χ3n) is 2.57. The SMILES string of the molecule is CCc1nccn1CCNC(=O)c1nc(C)cs1. The van der Waals surface area contributed by atoms with E-state index in [1.807, 2.05) is 23.1 Å². The van der Waals surface area contributed by atoms with Crippen LogP contribution < -0.4 is 5.32 Å². The Morgan fingerprint density at radius 2 is 2.39 bits per heavy atom. The van der Waals surface area contributed by atoms with Crippen molar-refractivity contribution in [3.05, 3.63) is 34.3 Å². The van der Waals surface area contributed by atoms with Gasteiger partial charge in [0.25, 0.3) is 5.91 Å². The van der Waals surface area contributed by atoms with E-state index in [4.69, 9.17) is 0 Å². The van der Waals surface area contributed by atoms with Gasteiger partial charge in [-0.25, -0.2) is 9.97 Å². The molecule has 0 radical (unpaired) electrons. The topological polar surface area (TPSA) is 59.8 Å². The Morgan fingerprint density at radius 3 is 3.06 bits per heavy atom. The van der Waals surface area contributed by atoms with E-state index in [-0.39, 0.29) is 5.91 Å². The molecule has 6 heteroatoms. The lowest BCUT2D eigenvalue weighted by Gasteiger charge is -2.06. The molecule has 0 bridgehead atoms. The molecule has 0 atom stereocenters. The summed E-state index contributed by atoms with van der Waals surface area (Å²) in [5.74, 6) is 0.931. The number of carbonyl (C=O) groups excluding carboxylic acids is 1. The van der Waals surface area contributed by atoms with E-state index < -0.39 is 0 Å². The normalized spacial score (nSPS) is 10.6. The zero-order chi connectivity index (χ0) is 13.0. The van der Waals surface area contributed by atoms with Gasteiger partial charge in [-0.15, -0.1) is 11.3 Å².